The van der Waals surface area contributed by atoms with Crippen molar-refractivity contribution in [2.24, 2.45) is 0 Å². The van der Waals surface area contributed by atoms with Gasteiger partial charge in [-0.05, 0) is 6.92 Å². The molecule has 18 heavy (non-hydrogen) atoms. The van der Waals surface area contributed by atoms with E-state index in [-0.39, 0.29) is 12.5 Å². The van der Waals surface area contributed by atoms with Crippen LogP contribution in [0.5, 0.6) is 0 Å². The third-order valence-corrected chi connectivity index (χ3v) is 1.90. The molecule has 0 saturated carbocycles. The van der Waals surface area contributed by atoms with Gasteiger partial charge < -0.3 is 24.6 Å². The second-order valence-electron chi connectivity index (χ2n) is 3.60. The van der Waals surface area contributed by atoms with Crippen molar-refractivity contribution >= 4 is 5.91 Å². The number of ether oxygens (including phenoxy) is 3. The van der Waals surface area contributed by atoms with Gasteiger partial charge in [0.05, 0.1) is 46.2 Å². The Balaban J connectivity index is 3.07. The summed E-state index contributed by atoms with van der Waals surface area (Å²) in [6, 6.07) is 0. The van der Waals surface area contributed by atoms with Crippen LogP contribution in [0.25, 0.3) is 0 Å². The number of carbonyl (C=O) groups is 1. The average Bonchev–Trinajstić information content (AvgIpc) is 2.35. The third-order valence-electron chi connectivity index (χ3n) is 1.90. The van der Waals surface area contributed by atoms with Gasteiger partial charge in [-0.2, -0.15) is 0 Å². The fourth-order valence-corrected chi connectivity index (χ4v) is 0.994. The first-order chi connectivity index (χ1) is 8.68. The number of aliphatic hydroxyl groups is 1. The summed E-state index contributed by atoms with van der Waals surface area (Å²) in [6.07, 6.45) is 0. The zero-order valence-electron chi connectivity index (χ0n) is 10.9. The number of nitrogens with one attached hydrogen (secondary N) is 1. The lowest BCUT2D eigenvalue weighted by Gasteiger charge is -2.07. The predicted octanol–water partition coefficient (Wildman–Crippen LogP) is -0.279. The van der Waals surface area contributed by atoms with E-state index < -0.39 is 0 Å². The molecule has 0 aliphatic heterocycles. The van der Waals surface area contributed by atoms with Crippen LogP contribution in [-0.2, 0) is 19.0 Å². The van der Waals surface area contributed by atoms with Gasteiger partial charge in [0, 0.05) is 12.1 Å². The predicted molar refractivity (Wildman–Crippen MR) is 67.4 cm³/mol. The highest BCUT2D eigenvalue weighted by Crippen LogP contribution is 1.85. The smallest absolute Gasteiger partial charge is 0.246 e. The summed E-state index contributed by atoms with van der Waals surface area (Å²) in [6.45, 7) is 8.36. The second-order valence-corrected chi connectivity index (χ2v) is 3.60. The number of hydrogen-bond acceptors (Lipinski definition) is 5. The van der Waals surface area contributed by atoms with Crippen LogP contribution < -0.4 is 5.32 Å². The van der Waals surface area contributed by atoms with Crippen molar-refractivity contribution in [2.45, 2.75) is 6.92 Å². The van der Waals surface area contributed by atoms with Gasteiger partial charge in [-0.15, -0.1) is 0 Å². The minimum absolute atomic E-state index is 0.0268. The number of aliphatic hydroxyl groups excluding tert-OH is 1. The van der Waals surface area contributed by atoms with Gasteiger partial charge in [-0.1, -0.05) is 6.58 Å². The van der Waals surface area contributed by atoms with Crippen molar-refractivity contribution in [3.05, 3.63) is 12.2 Å². The van der Waals surface area contributed by atoms with Gasteiger partial charge in [-0.25, -0.2) is 0 Å². The molecule has 6 nitrogen and oxygen atoms in total. The molecular formula is C12H23NO5. The zero-order valence-corrected chi connectivity index (χ0v) is 10.9. The Morgan fingerprint density at radius 2 is 1.56 bits per heavy atom. The molecule has 106 valence electrons. The van der Waals surface area contributed by atoms with Gasteiger partial charge in [0.2, 0.25) is 5.91 Å². The number of amides is 1. The molecule has 2 N–H and O–H groups in total. The first-order valence-corrected chi connectivity index (χ1v) is 5.96. The molecule has 0 aliphatic carbocycles. The normalized spacial score (nSPS) is 10.3. The van der Waals surface area contributed by atoms with E-state index in [0.29, 0.717) is 51.8 Å². The fourth-order valence-electron chi connectivity index (χ4n) is 0.994. The molecule has 0 radical (unpaired) electrons. The molecule has 0 saturated heterocycles. The van der Waals surface area contributed by atoms with Crippen molar-refractivity contribution in [1.29, 1.82) is 0 Å². The van der Waals surface area contributed by atoms with Crippen LogP contribution in [0.15, 0.2) is 12.2 Å². The summed E-state index contributed by atoms with van der Waals surface area (Å²) >= 11 is 0. The van der Waals surface area contributed by atoms with E-state index in [1.165, 1.54) is 0 Å². The van der Waals surface area contributed by atoms with Crippen LogP contribution in [0.1, 0.15) is 6.92 Å². The first kappa shape index (κ1) is 17.1. The van der Waals surface area contributed by atoms with E-state index in [9.17, 15) is 4.79 Å². The molecule has 1 amide bonds. The lowest BCUT2D eigenvalue weighted by Crippen LogP contribution is -2.27. The van der Waals surface area contributed by atoms with Gasteiger partial charge in [0.15, 0.2) is 0 Å². The Labute approximate surface area is 108 Å². The van der Waals surface area contributed by atoms with E-state index in [0.717, 1.165) is 0 Å². The van der Waals surface area contributed by atoms with Crippen molar-refractivity contribution in [2.75, 3.05) is 52.8 Å². The van der Waals surface area contributed by atoms with Gasteiger partial charge in [0.25, 0.3) is 0 Å². The number of hydrogen-bond donors (Lipinski definition) is 2. The largest absolute Gasteiger partial charge is 0.394 e. The molecular weight excluding hydrogens is 238 g/mol. The molecule has 6 heteroatoms. The highest BCUT2D eigenvalue weighted by molar-refractivity contribution is 5.91. The summed E-state index contributed by atoms with van der Waals surface area (Å²) in [5.74, 6) is -0.157. The van der Waals surface area contributed by atoms with E-state index in [2.05, 4.69) is 11.9 Å². The molecule has 0 aromatic heterocycles. The molecule has 0 aromatic carbocycles. The van der Waals surface area contributed by atoms with Crippen LogP contribution in [0, 0.1) is 0 Å². The molecule has 0 unspecified atom stereocenters. The maximum absolute atomic E-state index is 11.1. The Hall–Kier alpha value is -0.950. The monoisotopic (exact) mass is 261 g/mol. The molecule has 0 aromatic rings. The third kappa shape index (κ3) is 11.5. The van der Waals surface area contributed by atoms with E-state index in [4.69, 9.17) is 19.3 Å². The van der Waals surface area contributed by atoms with Gasteiger partial charge in [-0.3, -0.25) is 4.79 Å². The highest BCUT2D eigenvalue weighted by Gasteiger charge is 1.99. The van der Waals surface area contributed by atoms with Gasteiger partial charge >= 0.3 is 0 Å². The molecule has 0 fully saturated rings. The fraction of sp³-hybridized carbons (Fsp3) is 0.750. The molecule has 0 spiro atoms. The van der Waals surface area contributed by atoms with Crippen molar-refractivity contribution < 1.29 is 24.1 Å². The lowest BCUT2D eigenvalue weighted by molar-refractivity contribution is -0.117. The average molecular weight is 261 g/mol. The minimum Gasteiger partial charge on any atom is -0.394 e. The summed E-state index contributed by atoms with van der Waals surface area (Å²) in [7, 11) is 0. The molecule has 0 aliphatic rings. The van der Waals surface area contributed by atoms with E-state index in [1.54, 1.807) is 6.92 Å². The maximum Gasteiger partial charge on any atom is 0.246 e. The quantitative estimate of drug-likeness (QED) is 0.373. The Morgan fingerprint density at radius 3 is 2.06 bits per heavy atom. The van der Waals surface area contributed by atoms with Crippen molar-refractivity contribution in [3.8, 4) is 0 Å². The lowest BCUT2D eigenvalue weighted by atomic mass is 10.3. The summed E-state index contributed by atoms with van der Waals surface area (Å²) in [5, 5.41) is 11.1. The topological polar surface area (TPSA) is 77.0 Å². The van der Waals surface area contributed by atoms with Crippen LogP contribution in [0.3, 0.4) is 0 Å². The van der Waals surface area contributed by atoms with Crippen LogP contribution in [0.2, 0.25) is 0 Å². The van der Waals surface area contributed by atoms with E-state index in [1.807, 2.05) is 0 Å². The van der Waals surface area contributed by atoms with E-state index >= 15 is 0 Å². The summed E-state index contributed by atoms with van der Waals surface area (Å²) in [4.78, 5) is 11.1. The Morgan fingerprint density at radius 1 is 1.06 bits per heavy atom. The van der Waals surface area contributed by atoms with Crippen LogP contribution in [-0.4, -0.2) is 63.8 Å². The molecule has 0 atom stereocenters. The Kier molecular flexibility index (Phi) is 11.8. The number of rotatable bonds is 12. The zero-order chi connectivity index (χ0) is 13.6. The first-order valence-electron chi connectivity index (χ1n) is 5.96. The molecule has 0 rings (SSSR count). The maximum atomic E-state index is 11.1. The SMILES string of the molecule is C=C(C)C(=O)NCCOCCOCCOCCO. The van der Waals surface area contributed by atoms with Crippen molar-refractivity contribution in [1.82, 2.24) is 5.32 Å². The van der Waals surface area contributed by atoms with Crippen LogP contribution in [0.4, 0.5) is 0 Å². The second kappa shape index (κ2) is 12.5. The highest BCUT2D eigenvalue weighted by atomic mass is 16.5. The molecule has 0 heterocycles. The summed E-state index contributed by atoms with van der Waals surface area (Å²) in [5.41, 5.74) is 0.487. The van der Waals surface area contributed by atoms with Crippen LogP contribution >= 0.6 is 0 Å². The number of carbonyl (C=O) groups excluding carboxylic acids is 1. The molecule has 0 bridgehead atoms. The minimum atomic E-state index is -0.157. The Bertz CT molecular complexity index is 233. The summed E-state index contributed by atoms with van der Waals surface area (Å²) < 4.78 is 15.5. The van der Waals surface area contributed by atoms with Crippen molar-refractivity contribution in [3.63, 3.8) is 0 Å². The standard InChI is InChI=1S/C12H23NO5/c1-11(2)12(15)13-3-5-16-7-9-18-10-8-17-6-4-14/h14H,1,3-10H2,2H3,(H,13,15). The van der Waals surface area contributed by atoms with Gasteiger partial charge in [0.1, 0.15) is 0 Å².